The second kappa shape index (κ2) is 9.60. The number of benzene rings is 2. The third kappa shape index (κ3) is 4.85. The molecule has 180 valence electrons. The van der Waals surface area contributed by atoms with Gasteiger partial charge in [0.15, 0.2) is 0 Å². The van der Waals surface area contributed by atoms with Gasteiger partial charge in [-0.15, -0.1) is 0 Å². The molecule has 0 saturated carbocycles. The SMILES string of the molecule is Cc1cc(C)n(CC(=O)N2CCN(c3ccccc3-c3ccc(S(=O)(=O)N(C)C)cc3)CC2)n1. The van der Waals surface area contributed by atoms with E-state index >= 15 is 0 Å². The quantitative estimate of drug-likeness (QED) is 0.541. The summed E-state index contributed by atoms with van der Waals surface area (Å²) in [7, 11) is -0.410. The number of piperazine rings is 1. The van der Waals surface area contributed by atoms with Crippen LogP contribution in [0.3, 0.4) is 0 Å². The zero-order chi connectivity index (χ0) is 24.5. The third-order valence-corrected chi connectivity index (χ3v) is 8.04. The topological polar surface area (TPSA) is 78.8 Å². The van der Waals surface area contributed by atoms with E-state index in [-0.39, 0.29) is 17.3 Å². The van der Waals surface area contributed by atoms with Crippen LogP contribution in [0.5, 0.6) is 0 Å². The number of hydrogen-bond donors (Lipinski definition) is 0. The van der Waals surface area contributed by atoms with Gasteiger partial charge in [0.05, 0.1) is 10.6 Å². The van der Waals surface area contributed by atoms with E-state index in [9.17, 15) is 13.2 Å². The summed E-state index contributed by atoms with van der Waals surface area (Å²) in [6.45, 7) is 6.90. The highest BCUT2D eigenvalue weighted by Gasteiger charge is 2.24. The van der Waals surface area contributed by atoms with Crippen molar-refractivity contribution in [1.29, 1.82) is 0 Å². The van der Waals surface area contributed by atoms with Crippen LogP contribution >= 0.6 is 0 Å². The lowest BCUT2D eigenvalue weighted by Gasteiger charge is -2.37. The molecule has 1 fully saturated rings. The highest BCUT2D eigenvalue weighted by Crippen LogP contribution is 2.32. The minimum Gasteiger partial charge on any atom is -0.367 e. The molecule has 9 heteroatoms. The van der Waals surface area contributed by atoms with Crippen LogP contribution in [-0.4, -0.2) is 73.6 Å². The van der Waals surface area contributed by atoms with Gasteiger partial charge in [-0.25, -0.2) is 12.7 Å². The highest BCUT2D eigenvalue weighted by molar-refractivity contribution is 7.89. The maximum Gasteiger partial charge on any atom is 0.244 e. The van der Waals surface area contributed by atoms with E-state index in [2.05, 4.69) is 16.1 Å². The van der Waals surface area contributed by atoms with Crippen LogP contribution in [0.4, 0.5) is 5.69 Å². The Morgan fingerprint density at radius 1 is 0.971 bits per heavy atom. The number of aromatic nitrogens is 2. The summed E-state index contributed by atoms with van der Waals surface area (Å²) in [6, 6.07) is 17.1. The highest BCUT2D eigenvalue weighted by atomic mass is 32.2. The summed E-state index contributed by atoms with van der Waals surface area (Å²) < 4.78 is 27.8. The summed E-state index contributed by atoms with van der Waals surface area (Å²) in [6.07, 6.45) is 0. The smallest absolute Gasteiger partial charge is 0.244 e. The molecule has 3 aromatic rings. The largest absolute Gasteiger partial charge is 0.367 e. The summed E-state index contributed by atoms with van der Waals surface area (Å²) in [5.74, 6) is 0.0804. The fraction of sp³-hybridized carbons (Fsp3) is 0.360. The maximum absolute atomic E-state index is 12.8. The molecule has 0 spiro atoms. The number of rotatable bonds is 6. The molecule has 0 N–H and O–H groups in total. The Labute approximate surface area is 201 Å². The standard InChI is InChI=1S/C25H31N5O3S/c1-19-17-20(2)30(26-19)18-25(31)29-15-13-28(14-16-29)24-8-6-5-7-23(24)21-9-11-22(12-10-21)34(32,33)27(3)4/h5-12,17H,13-16,18H2,1-4H3. The Morgan fingerprint density at radius 2 is 1.62 bits per heavy atom. The van der Waals surface area contributed by atoms with Crippen LogP contribution in [0.25, 0.3) is 11.1 Å². The molecule has 1 aromatic heterocycles. The molecule has 1 amide bonds. The predicted molar refractivity (Wildman–Crippen MR) is 133 cm³/mol. The monoisotopic (exact) mass is 481 g/mol. The van der Waals surface area contributed by atoms with Crippen molar-refractivity contribution < 1.29 is 13.2 Å². The van der Waals surface area contributed by atoms with Crippen LogP contribution in [-0.2, 0) is 21.4 Å². The number of amides is 1. The minimum absolute atomic E-state index is 0.0804. The molecule has 0 radical (unpaired) electrons. The first kappa shape index (κ1) is 24.0. The van der Waals surface area contributed by atoms with E-state index in [0.29, 0.717) is 13.1 Å². The molecule has 1 saturated heterocycles. The predicted octanol–water partition coefficient (Wildman–Crippen LogP) is 2.77. The summed E-state index contributed by atoms with van der Waals surface area (Å²) in [4.78, 5) is 17.3. The second-order valence-corrected chi connectivity index (χ2v) is 10.9. The molecule has 2 heterocycles. The summed E-state index contributed by atoms with van der Waals surface area (Å²) in [5, 5.41) is 4.40. The van der Waals surface area contributed by atoms with Crippen molar-refractivity contribution in [3.63, 3.8) is 0 Å². The summed E-state index contributed by atoms with van der Waals surface area (Å²) in [5.41, 5.74) is 4.98. The minimum atomic E-state index is -3.47. The van der Waals surface area contributed by atoms with Gasteiger partial charge in [-0.05, 0) is 43.7 Å². The molecule has 1 aliphatic rings. The molecule has 0 atom stereocenters. The van der Waals surface area contributed by atoms with Gasteiger partial charge in [0.2, 0.25) is 15.9 Å². The Kier molecular flexibility index (Phi) is 6.77. The van der Waals surface area contributed by atoms with Crippen LogP contribution < -0.4 is 4.90 Å². The Morgan fingerprint density at radius 3 is 2.21 bits per heavy atom. The van der Waals surface area contributed by atoms with Crippen LogP contribution in [0.15, 0.2) is 59.5 Å². The molecule has 0 bridgehead atoms. The number of hydrogen-bond acceptors (Lipinski definition) is 5. The molecular formula is C25H31N5O3S. The van der Waals surface area contributed by atoms with Gasteiger partial charge >= 0.3 is 0 Å². The zero-order valence-electron chi connectivity index (χ0n) is 20.1. The van der Waals surface area contributed by atoms with Crippen LogP contribution in [0.1, 0.15) is 11.4 Å². The average Bonchev–Trinajstić information content (AvgIpc) is 3.15. The van der Waals surface area contributed by atoms with Gasteiger partial charge in [0, 0.05) is 57.2 Å². The molecule has 4 rings (SSSR count). The van der Waals surface area contributed by atoms with E-state index in [1.165, 1.54) is 18.4 Å². The number of aryl methyl sites for hydroxylation is 2. The number of nitrogens with zero attached hydrogens (tertiary/aromatic N) is 5. The molecule has 0 unspecified atom stereocenters. The first-order valence-electron chi connectivity index (χ1n) is 11.3. The van der Waals surface area contributed by atoms with E-state index in [0.717, 1.165) is 41.3 Å². The zero-order valence-corrected chi connectivity index (χ0v) is 20.9. The average molecular weight is 482 g/mol. The van der Waals surface area contributed by atoms with Crippen molar-refractivity contribution in [2.24, 2.45) is 0 Å². The lowest BCUT2D eigenvalue weighted by atomic mass is 10.0. The van der Waals surface area contributed by atoms with Gasteiger partial charge in [-0.2, -0.15) is 5.10 Å². The van der Waals surface area contributed by atoms with Crippen molar-refractivity contribution in [3.05, 3.63) is 66.0 Å². The van der Waals surface area contributed by atoms with E-state index in [1.54, 1.807) is 16.8 Å². The molecular weight excluding hydrogens is 450 g/mol. The van der Waals surface area contributed by atoms with Crippen LogP contribution in [0, 0.1) is 13.8 Å². The number of anilines is 1. The maximum atomic E-state index is 12.8. The van der Waals surface area contributed by atoms with Crippen molar-refractivity contribution in [3.8, 4) is 11.1 Å². The molecule has 1 aliphatic heterocycles. The normalized spacial score (nSPS) is 14.6. The lowest BCUT2D eigenvalue weighted by Crippen LogP contribution is -2.49. The van der Waals surface area contributed by atoms with Crippen molar-refractivity contribution in [2.75, 3.05) is 45.2 Å². The van der Waals surface area contributed by atoms with Gasteiger partial charge in [0.1, 0.15) is 6.54 Å². The fourth-order valence-corrected chi connectivity index (χ4v) is 5.17. The number of carbonyl (C=O) groups is 1. The van der Waals surface area contributed by atoms with Crippen molar-refractivity contribution in [1.82, 2.24) is 19.0 Å². The lowest BCUT2D eigenvalue weighted by molar-refractivity contribution is -0.132. The molecule has 8 nitrogen and oxygen atoms in total. The second-order valence-electron chi connectivity index (χ2n) is 8.78. The first-order valence-corrected chi connectivity index (χ1v) is 12.8. The van der Waals surface area contributed by atoms with Crippen molar-refractivity contribution >= 4 is 21.6 Å². The van der Waals surface area contributed by atoms with E-state index < -0.39 is 10.0 Å². The molecule has 2 aromatic carbocycles. The third-order valence-electron chi connectivity index (χ3n) is 6.21. The Bertz CT molecular complexity index is 1270. The van der Waals surface area contributed by atoms with Gasteiger partial charge in [-0.1, -0.05) is 30.3 Å². The first-order chi connectivity index (χ1) is 16.2. The van der Waals surface area contributed by atoms with Gasteiger partial charge < -0.3 is 9.80 Å². The van der Waals surface area contributed by atoms with Gasteiger partial charge in [-0.3, -0.25) is 9.48 Å². The van der Waals surface area contributed by atoms with Crippen LogP contribution in [0.2, 0.25) is 0 Å². The summed E-state index contributed by atoms with van der Waals surface area (Å²) >= 11 is 0. The number of carbonyl (C=O) groups excluding carboxylic acids is 1. The molecule has 0 aliphatic carbocycles. The Hall–Kier alpha value is -3.17. The fourth-order valence-electron chi connectivity index (χ4n) is 4.27. The number of sulfonamides is 1. The van der Waals surface area contributed by atoms with Crippen molar-refractivity contribution in [2.45, 2.75) is 25.3 Å². The Balaban J connectivity index is 1.47. The number of para-hydroxylation sites is 1. The molecule has 34 heavy (non-hydrogen) atoms. The van der Waals surface area contributed by atoms with E-state index in [1.807, 2.05) is 55.1 Å². The van der Waals surface area contributed by atoms with Gasteiger partial charge in [0.25, 0.3) is 0 Å². The van der Waals surface area contributed by atoms with E-state index in [4.69, 9.17) is 0 Å².